The molecule has 0 spiro atoms. The molecule has 20 heavy (non-hydrogen) atoms. The highest BCUT2D eigenvalue weighted by atomic mass is 16.4. The van der Waals surface area contributed by atoms with Gasteiger partial charge < -0.3 is 15.3 Å². The number of hydrogen-bond donors (Lipinski definition) is 2. The molecule has 0 saturated heterocycles. The third-order valence-electron chi connectivity index (χ3n) is 3.88. The fraction of sp³-hybridized carbons (Fsp3) is 0.571. The van der Waals surface area contributed by atoms with Gasteiger partial charge in [0.25, 0.3) is 0 Å². The van der Waals surface area contributed by atoms with Crippen molar-refractivity contribution in [1.82, 2.24) is 4.90 Å². The summed E-state index contributed by atoms with van der Waals surface area (Å²) in [6, 6.07) is 3.22. The van der Waals surface area contributed by atoms with E-state index in [1.807, 2.05) is 11.8 Å². The molecule has 6 heteroatoms. The van der Waals surface area contributed by atoms with E-state index < -0.39 is 5.97 Å². The number of carbonyl (C=O) groups excluding carboxylic acids is 1. The second-order valence-electron chi connectivity index (χ2n) is 5.26. The van der Waals surface area contributed by atoms with Crippen LogP contribution in [0.25, 0.3) is 0 Å². The summed E-state index contributed by atoms with van der Waals surface area (Å²) >= 11 is 0. The summed E-state index contributed by atoms with van der Waals surface area (Å²) in [5, 5.41) is 8.89. The van der Waals surface area contributed by atoms with Crippen molar-refractivity contribution in [3.63, 3.8) is 0 Å². The van der Waals surface area contributed by atoms with Gasteiger partial charge in [-0.2, -0.15) is 0 Å². The molecule has 1 heterocycles. The molecular weight excluding hydrogens is 260 g/mol. The number of nitrogens with zero attached hydrogens (tertiary/aromatic N) is 1. The number of carboxylic acid groups (broad SMARTS) is 1. The van der Waals surface area contributed by atoms with E-state index in [-0.39, 0.29) is 24.3 Å². The van der Waals surface area contributed by atoms with Crippen LogP contribution in [0.3, 0.4) is 0 Å². The summed E-state index contributed by atoms with van der Waals surface area (Å²) in [4.78, 5) is 24.1. The maximum Gasteiger partial charge on any atom is 0.371 e. The molecule has 110 valence electrons. The first kappa shape index (κ1) is 14.6. The lowest BCUT2D eigenvalue weighted by Gasteiger charge is -2.32. The van der Waals surface area contributed by atoms with E-state index >= 15 is 0 Å². The molecule has 0 radical (unpaired) electrons. The van der Waals surface area contributed by atoms with Crippen LogP contribution in [0.15, 0.2) is 16.5 Å². The van der Waals surface area contributed by atoms with Crippen molar-refractivity contribution in [3.05, 3.63) is 23.7 Å². The van der Waals surface area contributed by atoms with Gasteiger partial charge >= 0.3 is 5.97 Å². The summed E-state index contributed by atoms with van der Waals surface area (Å²) in [5.74, 6) is -1.01. The first-order valence-corrected chi connectivity index (χ1v) is 6.86. The van der Waals surface area contributed by atoms with Gasteiger partial charge in [-0.25, -0.2) is 4.79 Å². The van der Waals surface area contributed by atoms with Gasteiger partial charge in [0.2, 0.25) is 11.7 Å². The van der Waals surface area contributed by atoms with E-state index in [1.54, 1.807) is 6.07 Å². The van der Waals surface area contributed by atoms with Gasteiger partial charge in [0.05, 0.1) is 12.6 Å². The predicted molar refractivity (Wildman–Crippen MR) is 72.2 cm³/mol. The summed E-state index contributed by atoms with van der Waals surface area (Å²) in [6.07, 6.45) is 4.35. The van der Waals surface area contributed by atoms with E-state index in [4.69, 9.17) is 15.3 Å². The lowest BCUT2D eigenvalue weighted by atomic mass is 10.1. The van der Waals surface area contributed by atoms with Gasteiger partial charge in [0.1, 0.15) is 5.76 Å². The number of amides is 1. The van der Waals surface area contributed by atoms with Gasteiger partial charge in [-0.1, -0.05) is 12.8 Å². The van der Waals surface area contributed by atoms with Crippen LogP contribution < -0.4 is 5.73 Å². The normalized spacial score (nSPS) is 17.5. The first-order chi connectivity index (χ1) is 9.49. The van der Waals surface area contributed by atoms with E-state index in [2.05, 4.69) is 0 Å². The predicted octanol–water partition coefficient (Wildman–Crippen LogP) is 1.77. The number of rotatable bonds is 6. The number of hydrogen-bond acceptors (Lipinski definition) is 4. The van der Waals surface area contributed by atoms with Crippen LogP contribution in [0.1, 0.15) is 55.0 Å². The van der Waals surface area contributed by atoms with Crippen LogP contribution >= 0.6 is 0 Å². The van der Waals surface area contributed by atoms with Crippen molar-refractivity contribution in [2.24, 2.45) is 5.73 Å². The molecule has 1 aliphatic rings. The first-order valence-electron chi connectivity index (χ1n) is 6.86. The summed E-state index contributed by atoms with van der Waals surface area (Å²) in [5.41, 5.74) is 5.32. The van der Waals surface area contributed by atoms with Crippen molar-refractivity contribution in [2.75, 3.05) is 6.54 Å². The molecule has 1 unspecified atom stereocenters. The molecule has 1 aliphatic carbocycles. The minimum Gasteiger partial charge on any atom is -0.475 e. The maximum atomic E-state index is 11.3. The van der Waals surface area contributed by atoms with Crippen LogP contribution in [0.2, 0.25) is 0 Å². The van der Waals surface area contributed by atoms with Crippen LogP contribution in [0.4, 0.5) is 0 Å². The Bertz CT molecular complexity index is 491. The molecule has 1 fully saturated rings. The Morgan fingerprint density at radius 1 is 1.45 bits per heavy atom. The number of aromatic carboxylic acids is 1. The average Bonchev–Trinajstić information content (AvgIpc) is 3.05. The van der Waals surface area contributed by atoms with Crippen LogP contribution in [-0.4, -0.2) is 34.5 Å². The summed E-state index contributed by atoms with van der Waals surface area (Å²) in [7, 11) is 0. The third-order valence-corrected chi connectivity index (χ3v) is 3.88. The zero-order chi connectivity index (χ0) is 14.7. The second-order valence-corrected chi connectivity index (χ2v) is 5.26. The Balaban J connectivity index is 2.17. The van der Waals surface area contributed by atoms with Gasteiger partial charge in [-0.05, 0) is 31.9 Å². The molecule has 1 saturated carbocycles. The van der Waals surface area contributed by atoms with Crippen molar-refractivity contribution >= 4 is 11.9 Å². The average molecular weight is 280 g/mol. The van der Waals surface area contributed by atoms with Gasteiger partial charge in [0, 0.05) is 6.04 Å². The highest BCUT2D eigenvalue weighted by molar-refractivity contribution is 5.84. The van der Waals surface area contributed by atoms with E-state index in [1.165, 1.54) is 6.07 Å². The fourth-order valence-electron chi connectivity index (χ4n) is 2.85. The molecule has 0 aliphatic heterocycles. The fourth-order valence-corrected chi connectivity index (χ4v) is 2.85. The Kier molecular flexibility index (Phi) is 4.44. The van der Waals surface area contributed by atoms with E-state index in [0.29, 0.717) is 11.8 Å². The molecule has 1 amide bonds. The minimum atomic E-state index is -1.09. The molecular formula is C14H20N2O4. The Labute approximate surface area is 117 Å². The molecule has 2 rings (SSSR count). The summed E-state index contributed by atoms with van der Waals surface area (Å²) < 4.78 is 5.34. The largest absolute Gasteiger partial charge is 0.475 e. The number of nitrogens with two attached hydrogens (primary N) is 1. The topological polar surface area (TPSA) is 96.8 Å². The number of primary amides is 1. The van der Waals surface area contributed by atoms with Crippen molar-refractivity contribution < 1.29 is 19.1 Å². The lowest BCUT2D eigenvalue weighted by Crippen LogP contribution is -2.41. The molecule has 1 atom stereocenters. The SMILES string of the molecule is CC(c1ccc(C(=O)O)o1)N(CC(N)=O)C1CCCC1. The van der Waals surface area contributed by atoms with Crippen LogP contribution in [0.5, 0.6) is 0 Å². The second kappa shape index (κ2) is 6.09. The minimum absolute atomic E-state index is 0.0858. The van der Waals surface area contributed by atoms with Crippen LogP contribution in [0, 0.1) is 0 Å². The lowest BCUT2D eigenvalue weighted by molar-refractivity contribution is -0.120. The van der Waals surface area contributed by atoms with Gasteiger partial charge in [0.15, 0.2) is 0 Å². The molecule has 0 bridgehead atoms. The van der Waals surface area contributed by atoms with E-state index in [9.17, 15) is 9.59 Å². The summed E-state index contributed by atoms with van der Waals surface area (Å²) in [6.45, 7) is 2.07. The van der Waals surface area contributed by atoms with Gasteiger partial charge in [-0.3, -0.25) is 9.69 Å². The number of furan rings is 1. The van der Waals surface area contributed by atoms with Crippen molar-refractivity contribution in [3.8, 4) is 0 Å². The zero-order valence-electron chi connectivity index (χ0n) is 11.5. The highest BCUT2D eigenvalue weighted by Crippen LogP contribution is 2.31. The monoisotopic (exact) mass is 280 g/mol. The molecule has 0 aromatic carbocycles. The Morgan fingerprint density at radius 2 is 2.10 bits per heavy atom. The third kappa shape index (κ3) is 3.19. The number of carbonyl (C=O) groups is 2. The molecule has 1 aromatic rings. The quantitative estimate of drug-likeness (QED) is 0.827. The number of carboxylic acids is 1. The van der Waals surface area contributed by atoms with E-state index in [0.717, 1.165) is 25.7 Å². The highest BCUT2D eigenvalue weighted by Gasteiger charge is 2.30. The zero-order valence-corrected chi connectivity index (χ0v) is 11.5. The Morgan fingerprint density at radius 3 is 2.60 bits per heavy atom. The van der Waals surface area contributed by atoms with Gasteiger partial charge in [-0.15, -0.1) is 0 Å². The maximum absolute atomic E-state index is 11.3. The molecule has 3 N–H and O–H groups in total. The molecule has 1 aromatic heterocycles. The van der Waals surface area contributed by atoms with Crippen LogP contribution in [-0.2, 0) is 4.79 Å². The smallest absolute Gasteiger partial charge is 0.371 e. The molecule has 6 nitrogen and oxygen atoms in total. The standard InChI is InChI=1S/C14H20N2O4/c1-9(11-6-7-12(20-11)14(18)19)16(8-13(15)17)10-4-2-3-5-10/h6-7,9-10H,2-5,8H2,1H3,(H2,15,17)(H,18,19). The van der Waals surface area contributed by atoms with Crippen molar-refractivity contribution in [1.29, 1.82) is 0 Å². The Hall–Kier alpha value is -1.82. The van der Waals surface area contributed by atoms with Crippen molar-refractivity contribution in [2.45, 2.75) is 44.7 Å².